The minimum atomic E-state index is -0.230. The van der Waals surface area contributed by atoms with Crippen LogP contribution >= 0.6 is 0 Å². The molecule has 0 N–H and O–H groups in total. The summed E-state index contributed by atoms with van der Waals surface area (Å²) >= 11 is 0. The van der Waals surface area contributed by atoms with Crippen LogP contribution in [0.2, 0.25) is 0 Å². The van der Waals surface area contributed by atoms with Crippen LogP contribution in [-0.4, -0.2) is 13.1 Å². The van der Waals surface area contributed by atoms with Gasteiger partial charge in [-0.1, -0.05) is 32.8 Å². The molecule has 1 rings (SSSR count). The standard InChI is InChI=1S/C12H20O2/c1-4-10-6-5-7-11(8-10)9(2)12(13)14-3/h10-11H,2,4-8H2,1,3H3. The maximum Gasteiger partial charge on any atom is 0.333 e. The highest BCUT2D eigenvalue weighted by Crippen LogP contribution is 2.34. The molecule has 2 heteroatoms. The topological polar surface area (TPSA) is 26.3 Å². The van der Waals surface area contributed by atoms with Crippen LogP contribution in [0, 0.1) is 11.8 Å². The molecule has 2 nitrogen and oxygen atoms in total. The summed E-state index contributed by atoms with van der Waals surface area (Å²) < 4.78 is 4.70. The molecule has 1 aliphatic carbocycles. The first-order valence-corrected chi connectivity index (χ1v) is 5.46. The summed E-state index contributed by atoms with van der Waals surface area (Å²) in [6, 6.07) is 0. The van der Waals surface area contributed by atoms with Crippen molar-refractivity contribution in [2.24, 2.45) is 11.8 Å². The van der Waals surface area contributed by atoms with E-state index in [0.29, 0.717) is 11.5 Å². The van der Waals surface area contributed by atoms with Gasteiger partial charge in [-0.15, -0.1) is 0 Å². The van der Waals surface area contributed by atoms with Crippen LogP contribution in [0.25, 0.3) is 0 Å². The molecule has 2 unspecified atom stereocenters. The average molecular weight is 196 g/mol. The van der Waals surface area contributed by atoms with Gasteiger partial charge in [0.2, 0.25) is 0 Å². The zero-order valence-electron chi connectivity index (χ0n) is 9.21. The van der Waals surface area contributed by atoms with Gasteiger partial charge >= 0.3 is 5.97 Å². The number of ether oxygens (including phenoxy) is 1. The second-order valence-electron chi connectivity index (χ2n) is 4.15. The SMILES string of the molecule is C=C(C(=O)OC)C1CCCC(CC)C1. The van der Waals surface area contributed by atoms with Crippen LogP contribution in [0.3, 0.4) is 0 Å². The average Bonchev–Trinajstić information content (AvgIpc) is 2.27. The Bertz CT molecular complexity index is 220. The molecule has 0 aromatic heterocycles. The van der Waals surface area contributed by atoms with Crippen molar-refractivity contribution >= 4 is 5.97 Å². The fourth-order valence-electron chi connectivity index (χ4n) is 2.28. The molecule has 0 aliphatic heterocycles. The second kappa shape index (κ2) is 5.18. The third kappa shape index (κ3) is 2.60. The molecule has 14 heavy (non-hydrogen) atoms. The quantitative estimate of drug-likeness (QED) is 0.512. The van der Waals surface area contributed by atoms with Crippen LogP contribution in [-0.2, 0) is 9.53 Å². The Kier molecular flexibility index (Phi) is 4.18. The highest BCUT2D eigenvalue weighted by Gasteiger charge is 2.26. The summed E-state index contributed by atoms with van der Waals surface area (Å²) in [5, 5.41) is 0. The van der Waals surface area contributed by atoms with Gasteiger partial charge in [0.15, 0.2) is 0 Å². The lowest BCUT2D eigenvalue weighted by atomic mass is 9.77. The number of carbonyl (C=O) groups is 1. The van der Waals surface area contributed by atoms with E-state index in [1.54, 1.807) is 0 Å². The third-order valence-electron chi connectivity index (χ3n) is 3.30. The number of rotatable bonds is 3. The van der Waals surface area contributed by atoms with Gasteiger partial charge in [-0.05, 0) is 24.7 Å². The van der Waals surface area contributed by atoms with Gasteiger partial charge in [-0.25, -0.2) is 4.79 Å². The van der Waals surface area contributed by atoms with E-state index >= 15 is 0 Å². The van der Waals surface area contributed by atoms with Crippen molar-refractivity contribution < 1.29 is 9.53 Å². The van der Waals surface area contributed by atoms with Crippen LogP contribution < -0.4 is 0 Å². The van der Waals surface area contributed by atoms with Gasteiger partial charge in [0.1, 0.15) is 0 Å². The first kappa shape index (κ1) is 11.3. The largest absolute Gasteiger partial charge is 0.466 e. The molecular formula is C12H20O2. The lowest BCUT2D eigenvalue weighted by Gasteiger charge is -2.28. The van der Waals surface area contributed by atoms with Crippen molar-refractivity contribution in [1.82, 2.24) is 0 Å². The first-order chi connectivity index (χ1) is 6.69. The fourth-order valence-corrected chi connectivity index (χ4v) is 2.28. The second-order valence-corrected chi connectivity index (χ2v) is 4.15. The maximum absolute atomic E-state index is 11.3. The van der Waals surface area contributed by atoms with E-state index in [9.17, 15) is 4.79 Å². The molecule has 0 aromatic carbocycles. The lowest BCUT2D eigenvalue weighted by Crippen LogP contribution is -2.21. The zero-order valence-corrected chi connectivity index (χ0v) is 9.21. The van der Waals surface area contributed by atoms with E-state index in [0.717, 1.165) is 18.8 Å². The molecule has 0 heterocycles. The molecular weight excluding hydrogens is 176 g/mol. The molecule has 2 atom stereocenters. The summed E-state index contributed by atoms with van der Waals surface area (Å²) in [5.41, 5.74) is 0.672. The molecule has 0 spiro atoms. The van der Waals surface area contributed by atoms with E-state index in [2.05, 4.69) is 13.5 Å². The van der Waals surface area contributed by atoms with Crippen molar-refractivity contribution in [2.45, 2.75) is 39.0 Å². The smallest absolute Gasteiger partial charge is 0.333 e. The summed E-state index contributed by atoms with van der Waals surface area (Å²) in [7, 11) is 1.42. The normalized spacial score (nSPS) is 27.0. The summed E-state index contributed by atoms with van der Waals surface area (Å²) in [6.07, 6.45) is 5.96. The molecule has 0 amide bonds. The van der Waals surface area contributed by atoms with Gasteiger partial charge in [0.25, 0.3) is 0 Å². The zero-order chi connectivity index (χ0) is 10.6. The van der Waals surface area contributed by atoms with Crippen LogP contribution in [0.1, 0.15) is 39.0 Å². The van der Waals surface area contributed by atoms with Crippen molar-refractivity contribution in [2.75, 3.05) is 7.11 Å². The molecule has 80 valence electrons. The van der Waals surface area contributed by atoms with Gasteiger partial charge in [-0.2, -0.15) is 0 Å². The van der Waals surface area contributed by atoms with E-state index in [-0.39, 0.29) is 5.97 Å². The Morgan fingerprint density at radius 3 is 2.79 bits per heavy atom. The number of hydrogen-bond donors (Lipinski definition) is 0. The van der Waals surface area contributed by atoms with Crippen molar-refractivity contribution in [1.29, 1.82) is 0 Å². The van der Waals surface area contributed by atoms with Crippen LogP contribution in [0.5, 0.6) is 0 Å². The minimum Gasteiger partial charge on any atom is -0.466 e. The maximum atomic E-state index is 11.3. The van der Waals surface area contributed by atoms with E-state index in [1.807, 2.05) is 0 Å². The number of carbonyl (C=O) groups excluding carboxylic acids is 1. The third-order valence-corrected chi connectivity index (χ3v) is 3.30. The fraction of sp³-hybridized carbons (Fsp3) is 0.750. The summed E-state index contributed by atoms with van der Waals surface area (Å²) in [5.74, 6) is 0.906. The Hall–Kier alpha value is -0.790. The minimum absolute atomic E-state index is 0.230. The molecule has 0 bridgehead atoms. The molecule has 0 radical (unpaired) electrons. The van der Waals surface area contributed by atoms with E-state index < -0.39 is 0 Å². The molecule has 1 aliphatic rings. The Balaban J connectivity index is 2.51. The predicted molar refractivity (Wildman–Crippen MR) is 56.9 cm³/mol. The van der Waals surface area contributed by atoms with Gasteiger partial charge in [-0.3, -0.25) is 0 Å². The van der Waals surface area contributed by atoms with Crippen molar-refractivity contribution in [3.63, 3.8) is 0 Å². The Morgan fingerprint density at radius 2 is 2.21 bits per heavy atom. The van der Waals surface area contributed by atoms with Crippen LogP contribution in [0.15, 0.2) is 12.2 Å². The molecule has 0 saturated heterocycles. The Labute approximate surface area is 86.3 Å². The van der Waals surface area contributed by atoms with Crippen molar-refractivity contribution in [3.05, 3.63) is 12.2 Å². The number of methoxy groups -OCH3 is 1. The lowest BCUT2D eigenvalue weighted by molar-refractivity contribution is -0.136. The monoisotopic (exact) mass is 196 g/mol. The predicted octanol–water partition coefficient (Wildman–Crippen LogP) is 2.93. The van der Waals surface area contributed by atoms with Crippen LogP contribution in [0.4, 0.5) is 0 Å². The summed E-state index contributed by atoms with van der Waals surface area (Å²) in [4.78, 5) is 11.3. The molecule has 0 aromatic rings. The molecule has 1 saturated carbocycles. The summed E-state index contributed by atoms with van der Waals surface area (Å²) in [6.45, 7) is 6.06. The number of esters is 1. The molecule has 1 fully saturated rings. The van der Waals surface area contributed by atoms with E-state index in [4.69, 9.17) is 4.74 Å². The highest BCUT2D eigenvalue weighted by molar-refractivity contribution is 5.88. The first-order valence-electron chi connectivity index (χ1n) is 5.46. The van der Waals surface area contributed by atoms with Gasteiger partial charge in [0, 0.05) is 5.57 Å². The van der Waals surface area contributed by atoms with Crippen molar-refractivity contribution in [3.8, 4) is 0 Å². The number of hydrogen-bond acceptors (Lipinski definition) is 2. The Morgan fingerprint density at radius 1 is 1.50 bits per heavy atom. The van der Waals surface area contributed by atoms with Gasteiger partial charge < -0.3 is 4.74 Å². The highest BCUT2D eigenvalue weighted by atomic mass is 16.5. The van der Waals surface area contributed by atoms with E-state index in [1.165, 1.54) is 26.4 Å². The van der Waals surface area contributed by atoms with Gasteiger partial charge in [0.05, 0.1) is 7.11 Å².